The summed E-state index contributed by atoms with van der Waals surface area (Å²) in [5, 5.41) is 3.01. The predicted molar refractivity (Wildman–Crippen MR) is 67.8 cm³/mol. The van der Waals surface area contributed by atoms with Crippen LogP contribution in [0.15, 0.2) is 22.7 Å². The zero-order valence-corrected chi connectivity index (χ0v) is 10.7. The Kier molecular flexibility index (Phi) is 2.05. The van der Waals surface area contributed by atoms with E-state index in [1.54, 1.807) is 0 Å². The minimum absolute atomic E-state index is 0.145. The van der Waals surface area contributed by atoms with E-state index >= 15 is 0 Å². The van der Waals surface area contributed by atoms with Gasteiger partial charge in [0.15, 0.2) is 0 Å². The van der Waals surface area contributed by atoms with Gasteiger partial charge in [0.1, 0.15) is 5.54 Å². The number of anilines is 2. The van der Waals surface area contributed by atoms with Crippen LogP contribution in [0.1, 0.15) is 19.3 Å². The Morgan fingerprint density at radius 3 is 2.81 bits per heavy atom. The number of fused-ring (bicyclic) bond motifs is 1. The molecule has 0 unspecified atom stereocenters. The molecule has 0 aromatic heterocycles. The van der Waals surface area contributed by atoms with Crippen molar-refractivity contribution < 1.29 is 4.79 Å². The van der Waals surface area contributed by atoms with Gasteiger partial charge in [-0.2, -0.15) is 0 Å². The fourth-order valence-corrected chi connectivity index (χ4v) is 3.27. The molecule has 1 heterocycles. The smallest absolute Gasteiger partial charge is 0.250 e. The first kappa shape index (κ1) is 10.1. The first-order valence-electron chi connectivity index (χ1n) is 5.49. The number of rotatable bonds is 0. The molecule has 1 aliphatic heterocycles. The van der Waals surface area contributed by atoms with Gasteiger partial charge >= 0.3 is 0 Å². The molecule has 1 aromatic carbocycles. The molecule has 1 spiro atoms. The molecule has 1 aliphatic carbocycles. The third kappa shape index (κ3) is 1.11. The van der Waals surface area contributed by atoms with Crippen LogP contribution in [0.4, 0.5) is 11.4 Å². The van der Waals surface area contributed by atoms with Crippen molar-refractivity contribution in [2.45, 2.75) is 24.8 Å². The van der Waals surface area contributed by atoms with Gasteiger partial charge in [0, 0.05) is 11.5 Å². The van der Waals surface area contributed by atoms with Crippen molar-refractivity contribution in [1.82, 2.24) is 0 Å². The highest BCUT2D eigenvalue weighted by Crippen LogP contribution is 2.48. The molecule has 1 aromatic rings. The molecule has 4 heteroatoms. The van der Waals surface area contributed by atoms with Crippen LogP contribution in [0.2, 0.25) is 0 Å². The van der Waals surface area contributed by atoms with E-state index in [0.29, 0.717) is 0 Å². The fourth-order valence-electron chi connectivity index (χ4n) is 2.64. The number of para-hydroxylation sites is 1. The SMILES string of the molecule is CN1c2c(Br)cccc2NC(=O)C12CCC2. The third-order valence-corrected chi connectivity index (χ3v) is 4.46. The molecule has 1 amide bonds. The van der Waals surface area contributed by atoms with Crippen molar-refractivity contribution in [2.24, 2.45) is 0 Å². The van der Waals surface area contributed by atoms with E-state index in [9.17, 15) is 4.79 Å². The maximum Gasteiger partial charge on any atom is 0.250 e. The van der Waals surface area contributed by atoms with Crippen LogP contribution < -0.4 is 10.2 Å². The maximum absolute atomic E-state index is 12.1. The lowest BCUT2D eigenvalue weighted by molar-refractivity contribution is -0.124. The number of carbonyl (C=O) groups is 1. The second-order valence-electron chi connectivity index (χ2n) is 4.53. The topological polar surface area (TPSA) is 32.3 Å². The molecular formula is C12H13BrN2O. The van der Waals surface area contributed by atoms with Crippen LogP contribution in [0.3, 0.4) is 0 Å². The van der Waals surface area contributed by atoms with Gasteiger partial charge < -0.3 is 10.2 Å². The number of halogens is 1. The van der Waals surface area contributed by atoms with Crippen LogP contribution in [-0.4, -0.2) is 18.5 Å². The second kappa shape index (κ2) is 3.23. The zero-order chi connectivity index (χ0) is 11.3. The van der Waals surface area contributed by atoms with Crippen molar-refractivity contribution in [1.29, 1.82) is 0 Å². The van der Waals surface area contributed by atoms with E-state index in [1.165, 1.54) is 0 Å². The van der Waals surface area contributed by atoms with Gasteiger partial charge in [-0.05, 0) is 47.3 Å². The van der Waals surface area contributed by atoms with Crippen molar-refractivity contribution in [2.75, 3.05) is 17.3 Å². The van der Waals surface area contributed by atoms with Crippen molar-refractivity contribution in [3.63, 3.8) is 0 Å². The average molecular weight is 281 g/mol. The summed E-state index contributed by atoms with van der Waals surface area (Å²) in [6, 6.07) is 5.90. The molecule has 3 rings (SSSR count). The van der Waals surface area contributed by atoms with Gasteiger partial charge in [-0.3, -0.25) is 4.79 Å². The van der Waals surface area contributed by atoms with E-state index in [2.05, 4.69) is 26.1 Å². The van der Waals surface area contributed by atoms with E-state index in [-0.39, 0.29) is 11.4 Å². The Balaban J connectivity index is 2.15. The fraction of sp³-hybridized carbons (Fsp3) is 0.417. The van der Waals surface area contributed by atoms with E-state index in [4.69, 9.17) is 0 Å². The van der Waals surface area contributed by atoms with Gasteiger partial charge in [-0.1, -0.05) is 6.07 Å². The van der Waals surface area contributed by atoms with E-state index in [1.807, 2.05) is 25.2 Å². The van der Waals surface area contributed by atoms with Gasteiger partial charge in [-0.15, -0.1) is 0 Å². The number of amides is 1. The van der Waals surface area contributed by atoms with Gasteiger partial charge in [0.2, 0.25) is 5.91 Å². The predicted octanol–water partition coefficient (Wildman–Crippen LogP) is 2.76. The summed E-state index contributed by atoms with van der Waals surface area (Å²) in [6.07, 6.45) is 3.05. The molecule has 84 valence electrons. The summed E-state index contributed by atoms with van der Waals surface area (Å²) >= 11 is 3.55. The molecule has 2 aliphatic rings. The summed E-state index contributed by atoms with van der Waals surface area (Å²) in [6.45, 7) is 0. The number of hydrogen-bond acceptors (Lipinski definition) is 2. The number of nitrogens with zero attached hydrogens (tertiary/aromatic N) is 1. The Hall–Kier alpha value is -1.03. The normalized spacial score (nSPS) is 21.4. The number of hydrogen-bond donors (Lipinski definition) is 1. The van der Waals surface area contributed by atoms with E-state index in [0.717, 1.165) is 35.1 Å². The Labute approximate surface area is 103 Å². The lowest BCUT2D eigenvalue weighted by atomic mass is 9.73. The van der Waals surface area contributed by atoms with Crippen molar-refractivity contribution in [3.8, 4) is 0 Å². The van der Waals surface area contributed by atoms with Crippen molar-refractivity contribution >= 4 is 33.2 Å². The zero-order valence-electron chi connectivity index (χ0n) is 9.09. The Morgan fingerprint density at radius 2 is 2.19 bits per heavy atom. The highest BCUT2D eigenvalue weighted by molar-refractivity contribution is 9.10. The molecular weight excluding hydrogens is 268 g/mol. The minimum atomic E-state index is -0.295. The molecule has 0 atom stereocenters. The molecule has 16 heavy (non-hydrogen) atoms. The first-order valence-corrected chi connectivity index (χ1v) is 6.28. The van der Waals surface area contributed by atoms with Gasteiger partial charge in [0.05, 0.1) is 11.4 Å². The van der Waals surface area contributed by atoms with Crippen LogP contribution in [0.5, 0.6) is 0 Å². The second-order valence-corrected chi connectivity index (χ2v) is 5.39. The van der Waals surface area contributed by atoms with Crippen LogP contribution >= 0.6 is 15.9 Å². The van der Waals surface area contributed by atoms with E-state index < -0.39 is 0 Å². The summed E-state index contributed by atoms with van der Waals surface area (Å²) in [7, 11) is 2.02. The summed E-state index contributed by atoms with van der Waals surface area (Å²) in [5.74, 6) is 0.145. The molecule has 3 nitrogen and oxygen atoms in total. The monoisotopic (exact) mass is 280 g/mol. The largest absolute Gasteiger partial charge is 0.358 e. The molecule has 1 saturated carbocycles. The molecule has 1 N–H and O–H groups in total. The summed E-state index contributed by atoms with van der Waals surface area (Å²) in [4.78, 5) is 14.2. The third-order valence-electron chi connectivity index (χ3n) is 3.82. The average Bonchev–Trinajstić information content (AvgIpc) is 2.14. The van der Waals surface area contributed by atoms with Crippen molar-refractivity contribution in [3.05, 3.63) is 22.7 Å². The lowest BCUT2D eigenvalue weighted by Crippen LogP contribution is -2.62. The Bertz CT molecular complexity index is 468. The number of benzene rings is 1. The van der Waals surface area contributed by atoms with Crippen LogP contribution in [0, 0.1) is 0 Å². The molecule has 0 saturated heterocycles. The summed E-state index contributed by atoms with van der Waals surface area (Å²) in [5.41, 5.74) is 1.71. The molecule has 0 bridgehead atoms. The highest BCUT2D eigenvalue weighted by Gasteiger charge is 2.51. The quantitative estimate of drug-likeness (QED) is 0.793. The standard InChI is InChI=1S/C12H13BrN2O/c1-15-10-8(13)4-2-5-9(10)14-11(16)12(15)6-3-7-12/h2,4-5H,3,6-7H2,1H3,(H,14,16). The highest BCUT2D eigenvalue weighted by atomic mass is 79.9. The lowest BCUT2D eigenvalue weighted by Gasteiger charge is -2.51. The number of nitrogens with one attached hydrogen (secondary N) is 1. The Morgan fingerprint density at radius 1 is 1.44 bits per heavy atom. The number of carbonyl (C=O) groups excluding carboxylic acids is 1. The minimum Gasteiger partial charge on any atom is -0.358 e. The van der Waals surface area contributed by atoms with Gasteiger partial charge in [0.25, 0.3) is 0 Å². The van der Waals surface area contributed by atoms with Crippen LogP contribution in [-0.2, 0) is 4.79 Å². The molecule has 1 fully saturated rings. The van der Waals surface area contributed by atoms with Gasteiger partial charge in [-0.25, -0.2) is 0 Å². The first-order chi connectivity index (χ1) is 7.65. The summed E-state index contributed by atoms with van der Waals surface area (Å²) < 4.78 is 1.04. The van der Waals surface area contributed by atoms with Crippen LogP contribution in [0.25, 0.3) is 0 Å². The number of likely N-dealkylation sites (N-methyl/N-ethyl adjacent to an activating group) is 1. The maximum atomic E-state index is 12.1. The molecule has 0 radical (unpaired) electrons.